The first-order chi connectivity index (χ1) is 6.10. The van der Waals surface area contributed by atoms with Crippen LogP contribution in [0.1, 0.15) is 54.4 Å². The number of rotatable bonds is 4. The van der Waals surface area contributed by atoms with Crippen LogP contribution < -0.4 is 4.90 Å². The van der Waals surface area contributed by atoms with Crippen LogP contribution in [0.25, 0.3) is 0 Å². The first-order valence-corrected chi connectivity index (χ1v) is 5.91. The topological polar surface area (TPSA) is 4.44 Å². The average molecular weight is 200 g/mol. The van der Waals surface area contributed by atoms with Gasteiger partial charge in [-0.25, -0.2) is 0 Å². The summed E-state index contributed by atoms with van der Waals surface area (Å²) >= 11 is 0. The predicted octanol–water partition coefficient (Wildman–Crippen LogP) is 2.37. The monoisotopic (exact) mass is 200 g/mol. The van der Waals surface area contributed by atoms with E-state index in [2.05, 4.69) is 48.6 Å². The van der Waals surface area contributed by atoms with Crippen LogP contribution in [-0.2, 0) is 0 Å². The molecule has 14 heavy (non-hydrogen) atoms. The normalized spacial score (nSPS) is 13.7. The minimum absolute atomic E-state index is 0.489. The smallest absolute Gasteiger partial charge is 0.0773 e. The summed E-state index contributed by atoms with van der Waals surface area (Å²) in [5.74, 6) is 0. The highest BCUT2D eigenvalue weighted by atomic mass is 15.1. The van der Waals surface area contributed by atoms with E-state index in [9.17, 15) is 0 Å². The molecule has 1 nitrogen and oxygen atoms in total. The van der Waals surface area contributed by atoms with Crippen molar-refractivity contribution >= 4 is 0 Å². The Morgan fingerprint density at radius 1 is 0.714 bits per heavy atom. The summed E-state index contributed by atoms with van der Waals surface area (Å²) < 4.78 is 0. The largest absolute Gasteiger partial charge is 0.337 e. The van der Waals surface area contributed by atoms with E-state index in [0.717, 1.165) is 0 Å². The Morgan fingerprint density at radius 2 is 1.00 bits per heavy atom. The molecule has 86 valence electrons. The summed E-state index contributed by atoms with van der Waals surface area (Å²) in [6, 6.07) is 0. The summed E-state index contributed by atoms with van der Waals surface area (Å²) in [7, 11) is 2.32. The van der Waals surface area contributed by atoms with Crippen molar-refractivity contribution in [1.82, 2.24) is 0 Å². The minimum atomic E-state index is 0.489. The first kappa shape index (κ1) is 14.0. The van der Waals surface area contributed by atoms with Crippen molar-refractivity contribution in [2.45, 2.75) is 54.4 Å². The number of nitrogens with one attached hydrogen (secondary N) is 1. The van der Waals surface area contributed by atoms with Gasteiger partial charge in [0.2, 0.25) is 0 Å². The van der Waals surface area contributed by atoms with Crippen molar-refractivity contribution in [3.05, 3.63) is 0 Å². The second-order valence-corrected chi connectivity index (χ2v) is 7.08. The van der Waals surface area contributed by atoms with Crippen molar-refractivity contribution in [2.24, 2.45) is 10.8 Å². The fraction of sp³-hybridized carbons (Fsp3) is 1.00. The van der Waals surface area contributed by atoms with Gasteiger partial charge in [0.15, 0.2) is 0 Å². The SMILES string of the molecule is C[NH+](CCC(C)(C)C)CCC(C)(C)C. The van der Waals surface area contributed by atoms with Gasteiger partial charge in [-0.15, -0.1) is 0 Å². The third kappa shape index (κ3) is 10.0. The Balaban J connectivity index is 3.62. The lowest BCUT2D eigenvalue weighted by molar-refractivity contribution is -0.881. The van der Waals surface area contributed by atoms with Crippen molar-refractivity contribution in [3.8, 4) is 0 Å². The van der Waals surface area contributed by atoms with Crippen LogP contribution >= 0.6 is 0 Å². The second-order valence-electron chi connectivity index (χ2n) is 7.08. The molecule has 0 aliphatic rings. The molecule has 0 spiro atoms. The first-order valence-electron chi connectivity index (χ1n) is 5.91. The molecular formula is C13H30N+. The molecule has 0 aliphatic carbocycles. The zero-order chi connectivity index (χ0) is 11.4. The maximum atomic E-state index is 2.32. The third-order valence-corrected chi connectivity index (χ3v) is 2.60. The number of quaternary nitrogens is 1. The molecule has 0 rings (SSSR count). The molecule has 0 saturated carbocycles. The van der Waals surface area contributed by atoms with Crippen LogP contribution in [0.4, 0.5) is 0 Å². The Kier molecular flexibility index (Phi) is 5.14. The van der Waals surface area contributed by atoms with Gasteiger partial charge in [0, 0.05) is 12.8 Å². The highest BCUT2D eigenvalue weighted by Gasteiger charge is 2.16. The van der Waals surface area contributed by atoms with E-state index >= 15 is 0 Å². The highest BCUT2D eigenvalue weighted by molar-refractivity contribution is 4.61. The van der Waals surface area contributed by atoms with Crippen molar-refractivity contribution in [2.75, 3.05) is 20.1 Å². The van der Waals surface area contributed by atoms with E-state index in [1.54, 1.807) is 4.90 Å². The quantitative estimate of drug-likeness (QED) is 0.711. The molecule has 0 aromatic heterocycles. The van der Waals surface area contributed by atoms with Gasteiger partial charge in [-0.2, -0.15) is 0 Å². The zero-order valence-electron chi connectivity index (χ0n) is 11.3. The molecule has 0 saturated heterocycles. The van der Waals surface area contributed by atoms with Gasteiger partial charge in [-0.05, 0) is 10.8 Å². The van der Waals surface area contributed by atoms with Crippen molar-refractivity contribution < 1.29 is 4.90 Å². The lowest BCUT2D eigenvalue weighted by atomic mass is 9.91. The van der Waals surface area contributed by atoms with Crippen LogP contribution in [0.2, 0.25) is 0 Å². The summed E-state index contributed by atoms with van der Waals surface area (Å²) in [5, 5.41) is 0. The summed E-state index contributed by atoms with van der Waals surface area (Å²) in [4.78, 5) is 1.68. The van der Waals surface area contributed by atoms with E-state index in [-0.39, 0.29) is 0 Å². The highest BCUT2D eigenvalue weighted by Crippen LogP contribution is 2.17. The van der Waals surface area contributed by atoms with Crippen LogP contribution in [0, 0.1) is 10.8 Å². The van der Waals surface area contributed by atoms with Crippen LogP contribution in [-0.4, -0.2) is 20.1 Å². The van der Waals surface area contributed by atoms with E-state index in [4.69, 9.17) is 0 Å². The van der Waals surface area contributed by atoms with Crippen LogP contribution in [0.15, 0.2) is 0 Å². The summed E-state index contributed by atoms with van der Waals surface area (Å²) in [5.41, 5.74) is 0.978. The van der Waals surface area contributed by atoms with Crippen molar-refractivity contribution in [1.29, 1.82) is 0 Å². The van der Waals surface area contributed by atoms with Gasteiger partial charge in [0.1, 0.15) is 0 Å². The van der Waals surface area contributed by atoms with Crippen LogP contribution in [0.5, 0.6) is 0 Å². The molecule has 0 aliphatic heterocycles. The van der Waals surface area contributed by atoms with Gasteiger partial charge in [0.05, 0.1) is 20.1 Å². The van der Waals surface area contributed by atoms with Gasteiger partial charge in [-0.3, -0.25) is 0 Å². The molecule has 1 heteroatoms. The Morgan fingerprint density at radius 3 is 1.21 bits per heavy atom. The third-order valence-electron chi connectivity index (χ3n) is 2.60. The lowest BCUT2D eigenvalue weighted by Gasteiger charge is -2.24. The van der Waals surface area contributed by atoms with Gasteiger partial charge < -0.3 is 4.90 Å². The second kappa shape index (κ2) is 5.16. The lowest BCUT2D eigenvalue weighted by Crippen LogP contribution is -3.09. The molecule has 0 atom stereocenters. The number of hydrogen-bond donors (Lipinski definition) is 1. The maximum absolute atomic E-state index is 2.32. The van der Waals surface area contributed by atoms with E-state index in [0.29, 0.717) is 10.8 Å². The van der Waals surface area contributed by atoms with Crippen molar-refractivity contribution in [3.63, 3.8) is 0 Å². The minimum Gasteiger partial charge on any atom is -0.337 e. The van der Waals surface area contributed by atoms with Crippen LogP contribution in [0.3, 0.4) is 0 Å². The van der Waals surface area contributed by atoms with Gasteiger partial charge in [-0.1, -0.05) is 41.5 Å². The molecule has 0 aromatic carbocycles. The molecule has 0 heterocycles. The average Bonchev–Trinajstić information content (AvgIpc) is 1.94. The van der Waals surface area contributed by atoms with E-state index < -0.39 is 0 Å². The molecular weight excluding hydrogens is 170 g/mol. The molecule has 0 unspecified atom stereocenters. The standard InChI is InChI=1S/C13H29N/c1-12(2,3)8-10-14(7)11-9-13(4,5)6/h8-11H2,1-7H3/p+1. The fourth-order valence-electron chi connectivity index (χ4n) is 1.30. The summed E-state index contributed by atoms with van der Waals surface area (Å²) in [6.45, 7) is 16.6. The Hall–Kier alpha value is -0.0400. The summed E-state index contributed by atoms with van der Waals surface area (Å²) in [6.07, 6.45) is 2.64. The molecule has 0 bridgehead atoms. The fourth-order valence-corrected chi connectivity index (χ4v) is 1.30. The van der Waals surface area contributed by atoms with E-state index in [1.165, 1.54) is 25.9 Å². The van der Waals surface area contributed by atoms with E-state index in [1.807, 2.05) is 0 Å². The molecule has 0 aromatic rings. The molecule has 1 N–H and O–H groups in total. The van der Waals surface area contributed by atoms with Gasteiger partial charge in [0.25, 0.3) is 0 Å². The predicted molar refractivity (Wildman–Crippen MR) is 64.8 cm³/mol. The zero-order valence-corrected chi connectivity index (χ0v) is 11.3. The molecule has 0 fully saturated rings. The Labute approximate surface area is 90.9 Å². The maximum Gasteiger partial charge on any atom is 0.0773 e. The molecule has 0 radical (unpaired) electrons. The Bertz CT molecular complexity index is 130. The van der Waals surface area contributed by atoms with Gasteiger partial charge >= 0.3 is 0 Å². The molecule has 0 amide bonds. The number of hydrogen-bond acceptors (Lipinski definition) is 0.